The summed E-state index contributed by atoms with van der Waals surface area (Å²) in [6, 6.07) is 9.51. The van der Waals surface area contributed by atoms with Crippen molar-refractivity contribution in [2.75, 3.05) is 26.2 Å². The Kier molecular flexibility index (Phi) is 6.09. The molecule has 0 fully saturated rings. The minimum Gasteiger partial charge on any atom is -0.505 e. The first kappa shape index (κ1) is 24.3. The Morgan fingerprint density at radius 3 is 2.60 bits per heavy atom. The summed E-state index contributed by atoms with van der Waals surface area (Å²) in [4.78, 5) is 18.4. The first-order chi connectivity index (χ1) is 16.4. The minimum atomic E-state index is -4.06. The number of fused-ring (bicyclic) bond motifs is 1. The number of ether oxygens (including phenoxy) is 2. The van der Waals surface area contributed by atoms with Gasteiger partial charge in [0.1, 0.15) is 0 Å². The topological polar surface area (TPSA) is 142 Å². The van der Waals surface area contributed by atoms with Gasteiger partial charge in [0.15, 0.2) is 28.9 Å². The SMILES string of the molecule is CN(C)C(=O)c1cccc(NC2=NS(=O)(=O)NC2=N[C@@H](c2ccc3c(c2)OCO3)C(C)(C)C)c1O. The van der Waals surface area contributed by atoms with Gasteiger partial charge in [0.05, 0.1) is 17.3 Å². The normalized spacial score (nSPS) is 18.1. The van der Waals surface area contributed by atoms with E-state index in [4.69, 9.17) is 14.5 Å². The molecule has 0 saturated carbocycles. The van der Waals surface area contributed by atoms with E-state index in [1.165, 1.54) is 17.0 Å². The van der Waals surface area contributed by atoms with Crippen molar-refractivity contribution in [2.24, 2.45) is 14.8 Å². The molecule has 0 saturated heterocycles. The highest BCUT2D eigenvalue weighted by molar-refractivity contribution is 7.89. The van der Waals surface area contributed by atoms with E-state index in [1.807, 2.05) is 32.9 Å². The number of rotatable bonds is 4. The van der Waals surface area contributed by atoms with Crippen molar-refractivity contribution < 1.29 is 27.8 Å². The monoisotopic (exact) mass is 501 g/mol. The van der Waals surface area contributed by atoms with E-state index >= 15 is 0 Å². The number of aromatic hydroxyl groups is 1. The van der Waals surface area contributed by atoms with Crippen LogP contribution >= 0.6 is 0 Å². The number of aliphatic imine (C=N–C) groups is 1. The van der Waals surface area contributed by atoms with E-state index in [0.29, 0.717) is 11.5 Å². The van der Waals surface area contributed by atoms with E-state index in [2.05, 4.69) is 14.4 Å². The third-order valence-corrected chi connectivity index (χ3v) is 6.25. The van der Waals surface area contributed by atoms with Crippen molar-refractivity contribution in [1.82, 2.24) is 9.62 Å². The third kappa shape index (κ3) is 5.02. The predicted molar refractivity (Wildman–Crippen MR) is 131 cm³/mol. The van der Waals surface area contributed by atoms with Crippen LogP contribution in [0.4, 0.5) is 5.69 Å². The average molecular weight is 502 g/mol. The van der Waals surface area contributed by atoms with E-state index in [0.717, 1.165) is 5.56 Å². The lowest BCUT2D eigenvalue weighted by Gasteiger charge is -2.28. The van der Waals surface area contributed by atoms with Crippen LogP contribution in [0, 0.1) is 5.41 Å². The van der Waals surface area contributed by atoms with Gasteiger partial charge in [-0.15, -0.1) is 4.40 Å². The van der Waals surface area contributed by atoms with E-state index in [1.54, 1.807) is 26.2 Å². The van der Waals surface area contributed by atoms with Crippen molar-refractivity contribution >= 4 is 33.5 Å². The van der Waals surface area contributed by atoms with Gasteiger partial charge in [0.25, 0.3) is 5.91 Å². The smallest absolute Gasteiger partial charge is 0.345 e. The zero-order valence-electron chi connectivity index (χ0n) is 20.0. The third-order valence-electron chi connectivity index (χ3n) is 5.38. The molecule has 1 amide bonds. The lowest BCUT2D eigenvalue weighted by molar-refractivity contribution is 0.0824. The fourth-order valence-electron chi connectivity index (χ4n) is 3.69. The molecule has 4 rings (SSSR count). The Morgan fingerprint density at radius 2 is 1.91 bits per heavy atom. The number of nitrogens with zero attached hydrogens (tertiary/aromatic N) is 3. The highest BCUT2D eigenvalue weighted by Gasteiger charge is 2.33. The van der Waals surface area contributed by atoms with E-state index in [9.17, 15) is 18.3 Å². The Labute approximate surface area is 203 Å². The van der Waals surface area contributed by atoms with Gasteiger partial charge in [-0.25, -0.2) is 4.72 Å². The first-order valence-corrected chi connectivity index (χ1v) is 12.2. The summed E-state index contributed by atoms with van der Waals surface area (Å²) in [5.74, 6) is 0.344. The number of benzene rings is 2. The molecule has 2 aromatic rings. The molecule has 1 atom stereocenters. The Bertz CT molecular complexity index is 1340. The number of carbonyl (C=O) groups excluding carboxylic acids is 1. The molecular weight excluding hydrogens is 474 g/mol. The molecule has 0 bridgehead atoms. The van der Waals surface area contributed by atoms with Crippen LogP contribution in [-0.2, 0) is 10.2 Å². The van der Waals surface area contributed by atoms with Crippen LogP contribution in [-0.4, -0.2) is 56.9 Å². The summed E-state index contributed by atoms with van der Waals surface area (Å²) in [6.45, 7) is 6.05. The Hall–Kier alpha value is -3.80. The number of phenolic OH excluding ortho intramolecular Hbond substituents is 1. The zero-order chi connectivity index (χ0) is 25.5. The number of amidine groups is 2. The second kappa shape index (κ2) is 8.77. The highest BCUT2D eigenvalue weighted by Crippen LogP contribution is 2.41. The van der Waals surface area contributed by atoms with Crippen molar-refractivity contribution in [3.8, 4) is 17.2 Å². The van der Waals surface area contributed by atoms with Crippen LogP contribution in [0.2, 0.25) is 0 Å². The van der Waals surface area contributed by atoms with Gasteiger partial charge in [-0.3, -0.25) is 9.79 Å². The molecule has 0 radical (unpaired) electrons. The first-order valence-electron chi connectivity index (χ1n) is 10.8. The molecule has 0 unspecified atom stereocenters. The second-order valence-corrected chi connectivity index (χ2v) is 10.7. The lowest BCUT2D eigenvalue weighted by atomic mass is 9.82. The second-order valence-electron chi connectivity index (χ2n) is 9.40. The molecule has 0 aromatic heterocycles. The molecule has 2 aromatic carbocycles. The molecular formula is C23H27N5O6S. The maximum atomic E-state index is 12.4. The van der Waals surface area contributed by atoms with Gasteiger partial charge >= 0.3 is 10.2 Å². The van der Waals surface area contributed by atoms with Crippen LogP contribution in [0.1, 0.15) is 42.7 Å². The quantitative estimate of drug-likeness (QED) is 0.547. The maximum Gasteiger partial charge on any atom is 0.345 e. The van der Waals surface area contributed by atoms with Crippen LogP contribution in [0.3, 0.4) is 0 Å². The van der Waals surface area contributed by atoms with Crippen molar-refractivity contribution in [2.45, 2.75) is 26.8 Å². The molecule has 2 heterocycles. The fraction of sp³-hybridized carbons (Fsp3) is 0.348. The van der Waals surface area contributed by atoms with Crippen molar-refractivity contribution in [3.63, 3.8) is 0 Å². The minimum absolute atomic E-state index is 0.0219. The summed E-state index contributed by atoms with van der Waals surface area (Å²) < 4.78 is 41.6. The molecule has 12 heteroatoms. The highest BCUT2D eigenvalue weighted by atomic mass is 32.2. The van der Waals surface area contributed by atoms with Crippen LogP contribution in [0.15, 0.2) is 45.8 Å². The summed E-state index contributed by atoms with van der Waals surface area (Å²) in [7, 11) is -0.932. The van der Waals surface area contributed by atoms with Crippen LogP contribution in [0.5, 0.6) is 17.2 Å². The van der Waals surface area contributed by atoms with Crippen LogP contribution in [0.25, 0.3) is 0 Å². The largest absolute Gasteiger partial charge is 0.505 e. The standard InChI is InChI=1S/C23H27N5O6S/c1-23(2,3)19(13-9-10-16-17(11-13)34-12-33-16)25-21-20(26-35(31,32)27-21)24-15-8-6-7-14(18(15)29)22(30)28(4)5/h6-11,19,29H,12H2,1-5H3,(H,24,26)(H,25,27)/t19-/m0/s1. The molecule has 186 valence electrons. The Morgan fingerprint density at radius 1 is 1.20 bits per heavy atom. The van der Waals surface area contributed by atoms with Crippen LogP contribution < -0.4 is 19.5 Å². The fourth-order valence-corrected chi connectivity index (χ4v) is 4.50. The number of amides is 1. The number of hydrogen-bond donors (Lipinski definition) is 3. The van der Waals surface area contributed by atoms with E-state index in [-0.39, 0.29) is 35.5 Å². The number of anilines is 1. The molecule has 35 heavy (non-hydrogen) atoms. The number of hydrogen-bond acceptors (Lipinski definition) is 8. The summed E-state index contributed by atoms with van der Waals surface area (Å²) >= 11 is 0. The van der Waals surface area contributed by atoms with E-state index < -0.39 is 27.6 Å². The average Bonchev–Trinajstić information content (AvgIpc) is 3.34. The summed E-state index contributed by atoms with van der Waals surface area (Å²) in [5.41, 5.74) is 0.542. The molecule has 2 aliphatic heterocycles. The van der Waals surface area contributed by atoms with Gasteiger partial charge in [-0.1, -0.05) is 32.9 Å². The zero-order valence-corrected chi connectivity index (χ0v) is 20.8. The number of phenols is 1. The maximum absolute atomic E-state index is 12.4. The number of nitrogens with one attached hydrogen (secondary N) is 2. The summed E-state index contributed by atoms with van der Waals surface area (Å²) in [5, 5.41) is 13.5. The molecule has 2 aliphatic rings. The Balaban J connectivity index is 1.72. The molecule has 3 N–H and O–H groups in total. The van der Waals surface area contributed by atoms with Gasteiger partial charge in [-0.2, -0.15) is 8.42 Å². The van der Waals surface area contributed by atoms with Gasteiger partial charge in [-0.05, 0) is 35.2 Å². The molecule has 0 aliphatic carbocycles. The lowest BCUT2D eigenvalue weighted by Crippen LogP contribution is -2.32. The predicted octanol–water partition coefficient (Wildman–Crippen LogP) is 2.67. The van der Waals surface area contributed by atoms with Gasteiger partial charge in [0, 0.05) is 14.1 Å². The van der Waals surface area contributed by atoms with Crippen molar-refractivity contribution in [3.05, 3.63) is 47.5 Å². The molecule has 0 spiro atoms. The van der Waals surface area contributed by atoms with Gasteiger partial charge < -0.3 is 24.8 Å². The molecule has 11 nitrogen and oxygen atoms in total. The number of carbonyl (C=O) groups is 1. The number of para-hydroxylation sites is 1. The van der Waals surface area contributed by atoms with Crippen molar-refractivity contribution in [1.29, 1.82) is 0 Å². The summed E-state index contributed by atoms with van der Waals surface area (Å²) in [6.07, 6.45) is 0. The van der Waals surface area contributed by atoms with Gasteiger partial charge in [0.2, 0.25) is 6.79 Å².